The van der Waals surface area contributed by atoms with Crippen LogP contribution < -0.4 is 10.6 Å². The van der Waals surface area contributed by atoms with Gasteiger partial charge in [0.2, 0.25) is 5.91 Å². The topological polar surface area (TPSA) is 91.0 Å². The summed E-state index contributed by atoms with van der Waals surface area (Å²) in [6.45, 7) is 6.34. The fourth-order valence-electron chi connectivity index (χ4n) is 3.67. The summed E-state index contributed by atoms with van der Waals surface area (Å²) >= 11 is 0. The van der Waals surface area contributed by atoms with Crippen LogP contribution in [-0.2, 0) is 11.2 Å². The maximum atomic E-state index is 12.0. The minimum absolute atomic E-state index is 0.0869. The molecule has 0 bridgehead atoms. The first-order valence-electron chi connectivity index (χ1n) is 10.8. The first-order chi connectivity index (χ1) is 15.4. The van der Waals surface area contributed by atoms with E-state index >= 15 is 0 Å². The molecule has 0 radical (unpaired) electrons. The Morgan fingerprint density at radius 3 is 2.38 bits per heavy atom. The number of nitrogens with zero attached hydrogens (tertiary/aromatic N) is 6. The van der Waals surface area contributed by atoms with Gasteiger partial charge in [0.1, 0.15) is 5.69 Å². The van der Waals surface area contributed by atoms with Crippen LogP contribution in [-0.4, -0.2) is 85.3 Å². The van der Waals surface area contributed by atoms with Crippen LogP contribution >= 0.6 is 0 Å². The number of benzene rings is 1. The third-order valence-electron chi connectivity index (χ3n) is 5.83. The molecule has 3 rings (SSSR count). The van der Waals surface area contributed by atoms with Crippen LogP contribution in [0.3, 0.4) is 0 Å². The average molecular weight is 436 g/mol. The highest BCUT2D eigenvalue weighted by Crippen LogP contribution is 2.27. The van der Waals surface area contributed by atoms with E-state index in [1.54, 1.807) is 44.6 Å². The van der Waals surface area contributed by atoms with Crippen molar-refractivity contribution in [1.29, 1.82) is 0 Å². The molecule has 2 aromatic rings. The number of piperazine rings is 1. The molecule has 0 aliphatic carbocycles. The minimum atomic E-state index is 0.0869. The SMILES string of the molecule is CN=C(C)/C(=C\N)CN1CCN(c2nccnc2-c2ccc(CC(=O)N(C)C)cc2)CC1. The summed E-state index contributed by atoms with van der Waals surface area (Å²) < 4.78 is 0. The van der Waals surface area contributed by atoms with E-state index in [9.17, 15) is 4.79 Å². The molecule has 2 heterocycles. The summed E-state index contributed by atoms with van der Waals surface area (Å²) in [6, 6.07) is 8.03. The van der Waals surface area contributed by atoms with E-state index < -0.39 is 0 Å². The van der Waals surface area contributed by atoms with Crippen molar-refractivity contribution in [3.63, 3.8) is 0 Å². The van der Waals surface area contributed by atoms with Crippen LogP contribution in [0.5, 0.6) is 0 Å². The van der Waals surface area contributed by atoms with Gasteiger partial charge < -0.3 is 15.5 Å². The van der Waals surface area contributed by atoms with Gasteiger partial charge in [0.05, 0.1) is 6.42 Å². The van der Waals surface area contributed by atoms with Crippen LogP contribution in [0.4, 0.5) is 5.82 Å². The lowest BCUT2D eigenvalue weighted by Gasteiger charge is -2.36. The molecule has 1 saturated heterocycles. The number of amides is 1. The van der Waals surface area contributed by atoms with Gasteiger partial charge in [-0.3, -0.25) is 19.7 Å². The molecule has 1 aliphatic rings. The lowest BCUT2D eigenvalue weighted by atomic mass is 10.1. The summed E-state index contributed by atoms with van der Waals surface area (Å²) in [5.41, 5.74) is 10.7. The first-order valence-corrected chi connectivity index (χ1v) is 10.8. The molecular weight excluding hydrogens is 402 g/mol. The molecule has 1 amide bonds. The van der Waals surface area contributed by atoms with E-state index in [2.05, 4.69) is 24.8 Å². The van der Waals surface area contributed by atoms with E-state index in [-0.39, 0.29) is 5.91 Å². The largest absolute Gasteiger partial charge is 0.404 e. The summed E-state index contributed by atoms with van der Waals surface area (Å²) in [5.74, 6) is 0.981. The molecule has 0 saturated carbocycles. The number of aromatic nitrogens is 2. The van der Waals surface area contributed by atoms with E-state index in [1.807, 2.05) is 31.2 Å². The highest BCUT2D eigenvalue weighted by Gasteiger charge is 2.22. The van der Waals surface area contributed by atoms with Crippen LogP contribution in [0.2, 0.25) is 0 Å². The fraction of sp³-hybridized carbons (Fsp3) is 0.417. The van der Waals surface area contributed by atoms with E-state index in [1.165, 1.54) is 0 Å². The lowest BCUT2D eigenvalue weighted by molar-refractivity contribution is -0.127. The lowest BCUT2D eigenvalue weighted by Crippen LogP contribution is -2.47. The van der Waals surface area contributed by atoms with Gasteiger partial charge in [0.25, 0.3) is 0 Å². The van der Waals surface area contributed by atoms with Crippen molar-refractivity contribution in [1.82, 2.24) is 19.8 Å². The van der Waals surface area contributed by atoms with Gasteiger partial charge in [-0.15, -0.1) is 0 Å². The molecule has 2 N–H and O–H groups in total. The summed E-state index contributed by atoms with van der Waals surface area (Å²) in [7, 11) is 5.33. The molecule has 0 unspecified atom stereocenters. The number of nitrogens with two attached hydrogens (primary N) is 1. The number of aliphatic imine (C=N–C) groups is 1. The first kappa shape index (κ1) is 23.4. The van der Waals surface area contributed by atoms with Gasteiger partial charge >= 0.3 is 0 Å². The highest BCUT2D eigenvalue weighted by molar-refractivity contribution is 5.98. The van der Waals surface area contributed by atoms with Crippen LogP contribution in [0, 0.1) is 0 Å². The standard InChI is InChI=1S/C24H33N7O/c1-18(26-2)21(16-25)17-30-11-13-31(14-12-30)24-23(27-9-10-28-24)20-7-5-19(6-8-20)15-22(32)29(3)4/h5-10,16H,11-15,17,25H2,1-4H3/b21-16-,26-18?. The van der Waals surface area contributed by atoms with Gasteiger partial charge in [-0.2, -0.15) is 0 Å². The maximum absolute atomic E-state index is 12.0. The van der Waals surface area contributed by atoms with E-state index in [0.717, 1.165) is 66.6 Å². The molecular formula is C24H33N7O. The predicted molar refractivity (Wildman–Crippen MR) is 130 cm³/mol. The molecule has 0 atom stereocenters. The third-order valence-corrected chi connectivity index (χ3v) is 5.83. The molecule has 8 nitrogen and oxygen atoms in total. The average Bonchev–Trinajstić information content (AvgIpc) is 2.83. The second-order valence-corrected chi connectivity index (χ2v) is 8.15. The number of carbonyl (C=O) groups is 1. The van der Waals surface area contributed by atoms with Crippen molar-refractivity contribution in [2.24, 2.45) is 10.7 Å². The van der Waals surface area contributed by atoms with Crippen LogP contribution in [0.15, 0.2) is 53.4 Å². The van der Waals surface area contributed by atoms with Gasteiger partial charge in [-0.05, 0) is 12.5 Å². The second kappa shape index (κ2) is 10.9. The number of likely N-dealkylation sites (N-methyl/N-ethyl adjacent to an activating group) is 1. The molecule has 1 aliphatic heterocycles. The predicted octanol–water partition coefficient (Wildman–Crippen LogP) is 1.83. The summed E-state index contributed by atoms with van der Waals surface area (Å²) in [6.07, 6.45) is 5.52. The van der Waals surface area contributed by atoms with Gasteiger partial charge in [-0.1, -0.05) is 24.3 Å². The normalized spacial score (nSPS) is 15.7. The molecule has 1 aromatic heterocycles. The van der Waals surface area contributed by atoms with Crippen molar-refractivity contribution in [2.75, 3.05) is 58.8 Å². The van der Waals surface area contributed by atoms with Gasteiger partial charge in [-0.25, -0.2) is 4.98 Å². The summed E-state index contributed by atoms with van der Waals surface area (Å²) in [4.78, 5) is 31.8. The zero-order chi connectivity index (χ0) is 23.1. The maximum Gasteiger partial charge on any atom is 0.226 e. The zero-order valence-electron chi connectivity index (χ0n) is 19.5. The van der Waals surface area contributed by atoms with E-state index in [4.69, 9.17) is 5.73 Å². The van der Waals surface area contributed by atoms with Gasteiger partial charge in [0.15, 0.2) is 5.82 Å². The quantitative estimate of drug-likeness (QED) is 0.668. The van der Waals surface area contributed by atoms with Crippen molar-refractivity contribution < 1.29 is 4.79 Å². The van der Waals surface area contributed by atoms with Crippen molar-refractivity contribution in [2.45, 2.75) is 13.3 Å². The Morgan fingerprint density at radius 1 is 1.12 bits per heavy atom. The molecule has 8 heteroatoms. The monoisotopic (exact) mass is 435 g/mol. The summed E-state index contributed by atoms with van der Waals surface area (Å²) in [5, 5.41) is 0. The fourth-order valence-corrected chi connectivity index (χ4v) is 3.67. The Morgan fingerprint density at radius 2 is 1.78 bits per heavy atom. The Bertz CT molecular complexity index is 974. The highest BCUT2D eigenvalue weighted by atomic mass is 16.2. The number of carbonyl (C=O) groups excluding carboxylic acids is 1. The van der Waals surface area contributed by atoms with E-state index in [0.29, 0.717) is 6.42 Å². The van der Waals surface area contributed by atoms with Crippen molar-refractivity contribution in [3.05, 3.63) is 54.0 Å². The van der Waals surface area contributed by atoms with Crippen molar-refractivity contribution in [3.8, 4) is 11.3 Å². The smallest absolute Gasteiger partial charge is 0.226 e. The number of anilines is 1. The Hall–Kier alpha value is -3.26. The molecule has 170 valence electrons. The Labute approximate surface area is 190 Å². The zero-order valence-corrected chi connectivity index (χ0v) is 19.5. The number of hydrogen-bond acceptors (Lipinski definition) is 7. The van der Waals surface area contributed by atoms with Crippen LogP contribution in [0.1, 0.15) is 12.5 Å². The van der Waals surface area contributed by atoms with Gasteiger partial charge in [0, 0.05) is 89.3 Å². The minimum Gasteiger partial charge on any atom is -0.404 e. The molecule has 1 aromatic carbocycles. The Kier molecular flexibility index (Phi) is 7.94. The number of hydrogen-bond donors (Lipinski definition) is 1. The Balaban J connectivity index is 1.69. The second-order valence-electron chi connectivity index (χ2n) is 8.15. The molecule has 1 fully saturated rings. The molecule has 0 spiro atoms. The van der Waals surface area contributed by atoms with Crippen LogP contribution in [0.25, 0.3) is 11.3 Å². The molecule has 32 heavy (non-hydrogen) atoms. The van der Waals surface area contributed by atoms with Crippen molar-refractivity contribution >= 4 is 17.4 Å². The number of rotatable bonds is 7. The third kappa shape index (κ3) is 5.70.